The second kappa shape index (κ2) is 5.82. The van der Waals surface area contributed by atoms with Gasteiger partial charge in [-0.25, -0.2) is 0 Å². The van der Waals surface area contributed by atoms with Gasteiger partial charge in [0, 0.05) is 18.8 Å². The van der Waals surface area contributed by atoms with E-state index in [1.165, 1.54) is 0 Å². The highest BCUT2D eigenvalue weighted by atomic mass is 16.1. The fraction of sp³-hybridized carbons (Fsp3) is 0.538. The number of nitrogens with one attached hydrogen (secondary N) is 1. The first-order chi connectivity index (χ1) is 8.63. The third-order valence-corrected chi connectivity index (χ3v) is 3.27. The molecule has 0 aliphatic carbocycles. The Labute approximate surface area is 107 Å². The summed E-state index contributed by atoms with van der Waals surface area (Å²) in [4.78, 5) is 18.1. The Kier molecular flexibility index (Phi) is 4.15. The number of hydrogen-bond donors (Lipinski definition) is 2. The number of nitrogens with two attached hydrogens (primary N) is 1. The van der Waals surface area contributed by atoms with Gasteiger partial charge in [0.15, 0.2) is 0 Å². The Hall–Kier alpha value is -1.62. The molecule has 5 nitrogen and oxygen atoms in total. The number of carbonyl (C=O) groups is 1. The van der Waals surface area contributed by atoms with Gasteiger partial charge in [-0.1, -0.05) is 0 Å². The number of hydrogen-bond acceptors (Lipinski definition) is 4. The lowest BCUT2D eigenvalue weighted by molar-refractivity contribution is -0.120. The lowest BCUT2D eigenvalue weighted by Gasteiger charge is -2.11. The first-order valence-corrected chi connectivity index (χ1v) is 6.29. The molecule has 1 saturated heterocycles. The van der Waals surface area contributed by atoms with Crippen molar-refractivity contribution in [2.75, 3.05) is 32.4 Å². The van der Waals surface area contributed by atoms with Gasteiger partial charge in [-0.15, -0.1) is 0 Å². The summed E-state index contributed by atoms with van der Waals surface area (Å²) in [5, 5.41) is 2.97. The van der Waals surface area contributed by atoms with Crippen molar-refractivity contribution in [3.63, 3.8) is 0 Å². The molecule has 0 spiro atoms. The van der Waals surface area contributed by atoms with Crippen LogP contribution in [0.5, 0.6) is 0 Å². The van der Waals surface area contributed by atoms with Crippen molar-refractivity contribution in [1.82, 2.24) is 15.2 Å². The number of likely N-dealkylation sites (tertiary alicyclic amines) is 1. The van der Waals surface area contributed by atoms with E-state index in [0.717, 1.165) is 31.7 Å². The van der Waals surface area contributed by atoms with Crippen molar-refractivity contribution in [2.24, 2.45) is 5.92 Å². The van der Waals surface area contributed by atoms with Gasteiger partial charge < -0.3 is 16.0 Å². The number of nitrogens with zero attached hydrogens (tertiary/aromatic N) is 2. The first-order valence-electron chi connectivity index (χ1n) is 6.29. The van der Waals surface area contributed by atoms with Crippen molar-refractivity contribution in [3.8, 4) is 0 Å². The monoisotopic (exact) mass is 248 g/mol. The van der Waals surface area contributed by atoms with E-state index in [-0.39, 0.29) is 5.91 Å². The highest BCUT2D eigenvalue weighted by molar-refractivity contribution is 5.78. The van der Waals surface area contributed by atoms with Crippen LogP contribution in [0.2, 0.25) is 0 Å². The van der Waals surface area contributed by atoms with Crippen molar-refractivity contribution in [2.45, 2.75) is 12.8 Å². The van der Waals surface area contributed by atoms with Gasteiger partial charge >= 0.3 is 0 Å². The molecular weight excluding hydrogens is 228 g/mol. The summed E-state index contributed by atoms with van der Waals surface area (Å²) < 4.78 is 0. The Morgan fingerprint density at radius 2 is 2.44 bits per heavy atom. The maximum atomic E-state index is 11.7. The zero-order valence-electron chi connectivity index (χ0n) is 10.7. The largest absolute Gasteiger partial charge is 0.397 e. The molecule has 1 amide bonds. The van der Waals surface area contributed by atoms with E-state index in [9.17, 15) is 4.79 Å². The van der Waals surface area contributed by atoms with Crippen LogP contribution in [0.25, 0.3) is 0 Å². The van der Waals surface area contributed by atoms with Crippen LogP contribution < -0.4 is 11.1 Å². The van der Waals surface area contributed by atoms with E-state index in [4.69, 9.17) is 5.73 Å². The van der Waals surface area contributed by atoms with Gasteiger partial charge in [-0.3, -0.25) is 9.78 Å². The number of nitrogen functional groups attached to an aromatic ring is 1. The number of aromatic nitrogens is 1. The van der Waals surface area contributed by atoms with Crippen molar-refractivity contribution in [1.29, 1.82) is 0 Å². The molecule has 18 heavy (non-hydrogen) atoms. The Balaban J connectivity index is 1.73. The smallest absolute Gasteiger partial charge is 0.226 e. The molecule has 1 atom stereocenters. The molecule has 2 rings (SSSR count). The molecule has 98 valence electrons. The molecule has 1 aliphatic heterocycles. The van der Waals surface area contributed by atoms with Gasteiger partial charge in [0.05, 0.1) is 18.3 Å². The minimum Gasteiger partial charge on any atom is -0.397 e. The van der Waals surface area contributed by atoms with Crippen molar-refractivity contribution >= 4 is 11.6 Å². The van der Waals surface area contributed by atoms with Crippen molar-refractivity contribution < 1.29 is 4.79 Å². The number of rotatable bonds is 4. The maximum Gasteiger partial charge on any atom is 0.226 e. The second-order valence-corrected chi connectivity index (χ2v) is 4.98. The highest BCUT2D eigenvalue weighted by Gasteiger charge is 2.19. The highest BCUT2D eigenvalue weighted by Crippen LogP contribution is 2.12. The number of pyridine rings is 1. The van der Waals surface area contributed by atoms with Crippen LogP contribution in [0, 0.1) is 5.92 Å². The van der Waals surface area contributed by atoms with Gasteiger partial charge in [0.25, 0.3) is 0 Å². The van der Waals surface area contributed by atoms with E-state index in [2.05, 4.69) is 22.2 Å². The van der Waals surface area contributed by atoms with Gasteiger partial charge in [-0.2, -0.15) is 0 Å². The summed E-state index contributed by atoms with van der Waals surface area (Å²) in [5.41, 5.74) is 6.92. The normalized spacial score (nSPS) is 19.9. The molecule has 5 heteroatoms. The molecule has 3 N–H and O–H groups in total. The van der Waals surface area contributed by atoms with Crippen LogP contribution in [0.1, 0.15) is 12.1 Å². The summed E-state index contributed by atoms with van der Waals surface area (Å²) in [5.74, 6) is 0.611. The molecule has 1 unspecified atom stereocenters. The lowest BCUT2D eigenvalue weighted by Crippen LogP contribution is -2.31. The molecule has 1 aromatic heterocycles. The maximum absolute atomic E-state index is 11.7. The van der Waals surface area contributed by atoms with E-state index in [1.807, 2.05) is 0 Å². The van der Waals surface area contributed by atoms with Crippen LogP contribution in [0.4, 0.5) is 5.69 Å². The fourth-order valence-electron chi connectivity index (χ4n) is 2.22. The quantitative estimate of drug-likeness (QED) is 0.802. The summed E-state index contributed by atoms with van der Waals surface area (Å²) in [6.07, 6.45) is 3.06. The predicted molar refractivity (Wildman–Crippen MR) is 71.0 cm³/mol. The molecular formula is C13H20N4O. The van der Waals surface area contributed by atoms with Crippen LogP contribution in [0.3, 0.4) is 0 Å². The fourth-order valence-corrected chi connectivity index (χ4v) is 2.22. The summed E-state index contributed by atoms with van der Waals surface area (Å²) >= 11 is 0. The van der Waals surface area contributed by atoms with E-state index < -0.39 is 0 Å². The van der Waals surface area contributed by atoms with E-state index >= 15 is 0 Å². The van der Waals surface area contributed by atoms with Crippen molar-refractivity contribution in [3.05, 3.63) is 24.0 Å². The van der Waals surface area contributed by atoms with E-state index in [0.29, 0.717) is 18.0 Å². The van der Waals surface area contributed by atoms with Gasteiger partial charge in [0.1, 0.15) is 0 Å². The Bertz CT molecular complexity index is 404. The summed E-state index contributed by atoms with van der Waals surface area (Å²) in [6, 6.07) is 3.56. The van der Waals surface area contributed by atoms with Crippen LogP contribution in [0.15, 0.2) is 18.3 Å². The summed E-state index contributed by atoms with van der Waals surface area (Å²) in [6.45, 7) is 2.96. The number of anilines is 1. The zero-order chi connectivity index (χ0) is 13.0. The van der Waals surface area contributed by atoms with E-state index in [1.54, 1.807) is 18.3 Å². The molecule has 0 saturated carbocycles. The topological polar surface area (TPSA) is 71.2 Å². The zero-order valence-corrected chi connectivity index (χ0v) is 10.7. The SMILES string of the molecule is CN1CCC(CNC(=O)Cc2ccc(N)cn2)C1. The van der Waals surface area contributed by atoms with Crippen LogP contribution in [-0.2, 0) is 11.2 Å². The first kappa shape index (κ1) is 12.8. The standard InChI is InChI=1S/C13H20N4O/c1-17-5-4-10(9-17)7-16-13(18)6-12-3-2-11(14)8-15-12/h2-3,8,10H,4-7,9,14H2,1H3,(H,16,18). The summed E-state index contributed by atoms with van der Waals surface area (Å²) in [7, 11) is 2.11. The van der Waals surface area contributed by atoms with Gasteiger partial charge in [0.2, 0.25) is 5.91 Å². The molecule has 1 aliphatic rings. The Morgan fingerprint density at radius 3 is 3.06 bits per heavy atom. The third-order valence-electron chi connectivity index (χ3n) is 3.27. The molecule has 2 heterocycles. The number of amides is 1. The molecule has 0 bridgehead atoms. The minimum atomic E-state index is 0.0295. The molecule has 0 radical (unpaired) electrons. The average Bonchev–Trinajstić information content (AvgIpc) is 2.76. The number of carbonyl (C=O) groups excluding carboxylic acids is 1. The Morgan fingerprint density at radius 1 is 1.61 bits per heavy atom. The van der Waals surface area contributed by atoms with Crippen LogP contribution in [-0.4, -0.2) is 42.5 Å². The average molecular weight is 248 g/mol. The lowest BCUT2D eigenvalue weighted by atomic mass is 10.1. The molecule has 1 aromatic rings. The minimum absolute atomic E-state index is 0.0295. The molecule has 0 aromatic carbocycles. The molecule has 1 fully saturated rings. The third kappa shape index (κ3) is 3.70. The van der Waals surface area contributed by atoms with Gasteiger partial charge in [-0.05, 0) is 38.1 Å². The second-order valence-electron chi connectivity index (χ2n) is 4.98. The predicted octanol–water partition coefficient (Wildman–Crippen LogP) is 0.274. The van der Waals surface area contributed by atoms with Crippen LogP contribution >= 0.6 is 0 Å².